The van der Waals surface area contributed by atoms with Crippen LogP contribution in [0.5, 0.6) is 0 Å². The summed E-state index contributed by atoms with van der Waals surface area (Å²) in [6.45, 7) is 1.62. The highest BCUT2D eigenvalue weighted by molar-refractivity contribution is 7.99. The SMILES string of the molecule is COC(=O)CCNCC1CSc2ccccc21. The van der Waals surface area contributed by atoms with Crippen LogP contribution >= 0.6 is 11.8 Å². The third-order valence-corrected chi connectivity index (χ3v) is 4.17. The first-order valence-electron chi connectivity index (χ1n) is 5.80. The van der Waals surface area contributed by atoms with E-state index in [9.17, 15) is 4.79 Å². The molecule has 1 aliphatic rings. The summed E-state index contributed by atoms with van der Waals surface area (Å²) >= 11 is 1.91. The summed E-state index contributed by atoms with van der Waals surface area (Å²) in [4.78, 5) is 12.3. The van der Waals surface area contributed by atoms with Gasteiger partial charge in [0.1, 0.15) is 0 Å². The van der Waals surface area contributed by atoms with Gasteiger partial charge in [-0.1, -0.05) is 18.2 Å². The molecule has 1 aromatic carbocycles. The summed E-state index contributed by atoms with van der Waals surface area (Å²) in [6.07, 6.45) is 0.442. The number of benzene rings is 1. The number of thioether (sulfide) groups is 1. The zero-order chi connectivity index (χ0) is 12.1. The maximum Gasteiger partial charge on any atom is 0.306 e. The molecule has 0 aliphatic carbocycles. The predicted molar refractivity (Wildman–Crippen MR) is 69.4 cm³/mol. The second-order valence-corrected chi connectivity index (χ2v) is 5.14. The Morgan fingerprint density at radius 3 is 3.18 bits per heavy atom. The molecule has 0 bridgehead atoms. The molecule has 1 heterocycles. The first-order chi connectivity index (χ1) is 8.31. The number of carbonyl (C=O) groups excluding carboxylic acids is 1. The van der Waals surface area contributed by atoms with Crippen LogP contribution in [0.25, 0.3) is 0 Å². The van der Waals surface area contributed by atoms with Crippen molar-refractivity contribution in [3.63, 3.8) is 0 Å². The van der Waals surface area contributed by atoms with Crippen molar-refractivity contribution >= 4 is 17.7 Å². The van der Waals surface area contributed by atoms with Crippen LogP contribution in [0.1, 0.15) is 17.9 Å². The van der Waals surface area contributed by atoms with E-state index < -0.39 is 0 Å². The Bertz CT molecular complexity index is 395. The maximum atomic E-state index is 10.9. The number of carbonyl (C=O) groups is 1. The van der Waals surface area contributed by atoms with Crippen LogP contribution in [0.15, 0.2) is 29.2 Å². The van der Waals surface area contributed by atoms with Gasteiger partial charge < -0.3 is 10.1 Å². The van der Waals surface area contributed by atoms with Gasteiger partial charge in [-0.3, -0.25) is 4.79 Å². The normalized spacial score (nSPS) is 17.8. The molecule has 0 radical (unpaired) electrons. The van der Waals surface area contributed by atoms with Crippen molar-refractivity contribution in [2.45, 2.75) is 17.2 Å². The number of ether oxygens (including phenoxy) is 1. The number of methoxy groups -OCH3 is 1. The molecule has 1 unspecified atom stereocenters. The van der Waals surface area contributed by atoms with E-state index in [0.717, 1.165) is 12.3 Å². The monoisotopic (exact) mass is 251 g/mol. The number of fused-ring (bicyclic) bond motifs is 1. The van der Waals surface area contributed by atoms with Crippen molar-refractivity contribution in [2.24, 2.45) is 0 Å². The minimum absolute atomic E-state index is 0.154. The fourth-order valence-electron chi connectivity index (χ4n) is 1.97. The van der Waals surface area contributed by atoms with Gasteiger partial charge in [0.2, 0.25) is 0 Å². The quantitative estimate of drug-likeness (QED) is 0.642. The number of hydrogen-bond acceptors (Lipinski definition) is 4. The van der Waals surface area contributed by atoms with Gasteiger partial charge in [-0.25, -0.2) is 0 Å². The Labute approximate surface area is 106 Å². The third kappa shape index (κ3) is 3.23. The van der Waals surface area contributed by atoms with Crippen molar-refractivity contribution in [2.75, 3.05) is 26.0 Å². The van der Waals surface area contributed by atoms with Crippen LogP contribution < -0.4 is 5.32 Å². The third-order valence-electron chi connectivity index (χ3n) is 2.92. The Kier molecular flexibility index (Phi) is 4.45. The van der Waals surface area contributed by atoms with Gasteiger partial charge in [0, 0.05) is 29.7 Å². The minimum atomic E-state index is -0.154. The summed E-state index contributed by atoms with van der Waals surface area (Å²) < 4.78 is 4.60. The second kappa shape index (κ2) is 6.07. The summed E-state index contributed by atoms with van der Waals surface area (Å²) in [6, 6.07) is 8.54. The van der Waals surface area contributed by atoms with E-state index in [0.29, 0.717) is 18.9 Å². The lowest BCUT2D eigenvalue weighted by Crippen LogP contribution is -2.24. The standard InChI is InChI=1S/C13H17NO2S/c1-16-13(15)6-7-14-8-10-9-17-12-5-3-2-4-11(10)12/h2-5,10,14H,6-9H2,1H3. The largest absolute Gasteiger partial charge is 0.469 e. The van der Waals surface area contributed by atoms with Gasteiger partial charge in [0.15, 0.2) is 0 Å². The molecule has 0 saturated heterocycles. The molecule has 1 aliphatic heterocycles. The van der Waals surface area contributed by atoms with Crippen molar-refractivity contribution in [1.29, 1.82) is 0 Å². The van der Waals surface area contributed by atoms with Crippen LogP contribution in [0, 0.1) is 0 Å². The molecule has 0 aromatic heterocycles. The first-order valence-corrected chi connectivity index (χ1v) is 6.79. The smallest absolute Gasteiger partial charge is 0.306 e. The summed E-state index contributed by atoms with van der Waals surface area (Å²) in [5.41, 5.74) is 1.43. The fourth-order valence-corrected chi connectivity index (χ4v) is 3.22. The van der Waals surface area contributed by atoms with E-state index in [1.807, 2.05) is 11.8 Å². The molecule has 0 fully saturated rings. The average molecular weight is 251 g/mol. The van der Waals surface area contributed by atoms with Gasteiger partial charge in [0.25, 0.3) is 0 Å². The van der Waals surface area contributed by atoms with E-state index in [4.69, 9.17) is 0 Å². The van der Waals surface area contributed by atoms with Crippen LogP contribution in [0.3, 0.4) is 0 Å². The molecular weight excluding hydrogens is 234 g/mol. The molecule has 17 heavy (non-hydrogen) atoms. The lowest BCUT2D eigenvalue weighted by molar-refractivity contribution is -0.140. The van der Waals surface area contributed by atoms with E-state index in [2.05, 4.69) is 34.3 Å². The molecule has 1 N–H and O–H groups in total. The number of hydrogen-bond donors (Lipinski definition) is 1. The van der Waals surface area contributed by atoms with Crippen molar-refractivity contribution in [1.82, 2.24) is 5.32 Å². The van der Waals surface area contributed by atoms with Crippen LogP contribution in [-0.2, 0) is 9.53 Å². The van der Waals surface area contributed by atoms with Gasteiger partial charge in [-0.2, -0.15) is 0 Å². The lowest BCUT2D eigenvalue weighted by Gasteiger charge is -2.11. The highest BCUT2D eigenvalue weighted by Gasteiger charge is 2.21. The number of nitrogens with one attached hydrogen (secondary N) is 1. The molecule has 0 amide bonds. The summed E-state index contributed by atoms with van der Waals surface area (Å²) in [5.74, 6) is 1.54. The Balaban J connectivity index is 1.76. The molecule has 1 atom stereocenters. The lowest BCUT2D eigenvalue weighted by atomic mass is 10.0. The number of rotatable bonds is 5. The highest BCUT2D eigenvalue weighted by atomic mass is 32.2. The van der Waals surface area contributed by atoms with Crippen molar-refractivity contribution in [3.8, 4) is 0 Å². The molecule has 2 rings (SSSR count). The Hall–Kier alpha value is -1.00. The molecule has 1 aromatic rings. The zero-order valence-corrected chi connectivity index (χ0v) is 10.8. The maximum absolute atomic E-state index is 10.9. The molecule has 4 heteroatoms. The Morgan fingerprint density at radius 2 is 2.35 bits per heavy atom. The molecule has 0 saturated carbocycles. The Morgan fingerprint density at radius 1 is 1.53 bits per heavy atom. The molecular formula is C13H17NO2S. The zero-order valence-electron chi connectivity index (χ0n) is 9.94. The topological polar surface area (TPSA) is 38.3 Å². The van der Waals surface area contributed by atoms with Crippen LogP contribution in [0.2, 0.25) is 0 Å². The van der Waals surface area contributed by atoms with Gasteiger partial charge in [-0.05, 0) is 11.6 Å². The van der Waals surface area contributed by atoms with Crippen LogP contribution in [-0.4, -0.2) is 31.9 Å². The molecule has 92 valence electrons. The molecule has 3 nitrogen and oxygen atoms in total. The first kappa shape index (κ1) is 12.5. The van der Waals surface area contributed by atoms with E-state index in [1.165, 1.54) is 17.6 Å². The van der Waals surface area contributed by atoms with E-state index in [-0.39, 0.29) is 5.97 Å². The van der Waals surface area contributed by atoms with E-state index in [1.54, 1.807) is 0 Å². The summed E-state index contributed by atoms with van der Waals surface area (Å²) in [7, 11) is 1.42. The van der Waals surface area contributed by atoms with Crippen LogP contribution in [0.4, 0.5) is 0 Å². The van der Waals surface area contributed by atoms with Gasteiger partial charge >= 0.3 is 5.97 Å². The number of esters is 1. The fraction of sp³-hybridized carbons (Fsp3) is 0.462. The van der Waals surface area contributed by atoms with Crippen molar-refractivity contribution < 1.29 is 9.53 Å². The van der Waals surface area contributed by atoms with Gasteiger partial charge in [0.05, 0.1) is 13.5 Å². The minimum Gasteiger partial charge on any atom is -0.469 e. The molecule has 0 spiro atoms. The average Bonchev–Trinajstić information content (AvgIpc) is 2.78. The highest BCUT2D eigenvalue weighted by Crippen LogP contribution is 2.38. The second-order valence-electron chi connectivity index (χ2n) is 4.08. The van der Waals surface area contributed by atoms with Gasteiger partial charge in [-0.15, -0.1) is 11.8 Å². The summed E-state index contributed by atoms with van der Waals surface area (Å²) in [5, 5.41) is 3.32. The predicted octanol–water partition coefficient (Wildman–Crippen LogP) is 2.03. The van der Waals surface area contributed by atoms with Crippen molar-refractivity contribution in [3.05, 3.63) is 29.8 Å². The van der Waals surface area contributed by atoms with E-state index >= 15 is 0 Å².